The van der Waals surface area contributed by atoms with Gasteiger partial charge in [0.1, 0.15) is 6.17 Å². The summed E-state index contributed by atoms with van der Waals surface area (Å²) in [6, 6.07) is 9.07. The maximum absolute atomic E-state index is 13.4. The van der Waals surface area contributed by atoms with Gasteiger partial charge >= 0.3 is 0 Å². The third-order valence-corrected chi connectivity index (χ3v) is 2.20. The first-order valence-electron chi connectivity index (χ1n) is 4.38. The van der Waals surface area contributed by atoms with Crippen LogP contribution >= 0.6 is 0 Å². The van der Waals surface area contributed by atoms with Crippen LogP contribution in [-0.4, -0.2) is 17.3 Å². The molecular weight excluding hydrogens is 185 g/mol. The SMILES string of the molecule is O/N=C1/C[C@H](F)[C@H](c2ccccc2)O1. The zero-order valence-corrected chi connectivity index (χ0v) is 7.43. The molecule has 1 fully saturated rings. The Morgan fingerprint density at radius 3 is 2.64 bits per heavy atom. The Hall–Kier alpha value is -1.58. The molecule has 3 nitrogen and oxygen atoms in total. The number of nitrogens with zero attached hydrogens (tertiary/aromatic N) is 1. The van der Waals surface area contributed by atoms with Crippen LogP contribution in [0, 0.1) is 0 Å². The molecule has 4 heteroatoms. The largest absolute Gasteiger partial charge is 0.467 e. The van der Waals surface area contributed by atoms with Gasteiger partial charge in [-0.3, -0.25) is 0 Å². The Kier molecular flexibility index (Phi) is 2.35. The summed E-state index contributed by atoms with van der Waals surface area (Å²) >= 11 is 0. The Balaban J connectivity index is 2.21. The number of benzene rings is 1. The third kappa shape index (κ3) is 1.55. The molecule has 0 amide bonds. The van der Waals surface area contributed by atoms with Crippen LogP contribution < -0.4 is 0 Å². The fourth-order valence-corrected chi connectivity index (χ4v) is 1.53. The molecular formula is C10H10FNO2. The summed E-state index contributed by atoms with van der Waals surface area (Å²) in [7, 11) is 0. The van der Waals surface area contributed by atoms with Crippen LogP contribution in [0.3, 0.4) is 0 Å². The van der Waals surface area contributed by atoms with E-state index >= 15 is 0 Å². The highest BCUT2D eigenvalue weighted by molar-refractivity contribution is 5.78. The summed E-state index contributed by atoms with van der Waals surface area (Å²) in [5.74, 6) is 0.0614. The van der Waals surface area contributed by atoms with Gasteiger partial charge in [0.2, 0.25) is 5.90 Å². The molecule has 1 aromatic rings. The zero-order valence-electron chi connectivity index (χ0n) is 7.43. The van der Waals surface area contributed by atoms with E-state index in [1.54, 1.807) is 12.1 Å². The Morgan fingerprint density at radius 1 is 1.36 bits per heavy atom. The molecule has 0 unspecified atom stereocenters. The van der Waals surface area contributed by atoms with Crippen molar-refractivity contribution in [3.63, 3.8) is 0 Å². The van der Waals surface area contributed by atoms with Crippen molar-refractivity contribution in [3.8, 4) is 0 Å². The van der Waals surface area contributed by atoms with Crippen molar-refractivity contribution in [2.24, 2.45) is 5.16 Å². The van der Waals surface area contributed by atoms with Gasteiger partial charge in [-0.2, -0.15) is 0 Å². The minimum atomic E-state index is -1.14. The predicted molar refractivity (Wildman–Crippen MR) is 49.0 cm³/mol. The number of halogens is 1. The van der Waals surface area contributed by atoms with E-state index in [1.165, 1.54) is 0 Å². The molecule has 1 heterocycles. The van der Waals surface area contributed by atoms with Crippen molar-refractivity contribution < 1.29 is 14.3 Å². The topological polar surface area (TPSA) is 41.8 Å². The normalized spacial score (nSPS) is 29.1. The molecule has 0 aliphatic carbocycles. The standard InChI is InChI=1S/C10H10FNO2/c11-8-6-9(12-13)14-10(8)7-4-2-1-3-5-7/h1-5,8,10,13H,6H2/b12-9-/t8-,10-/m0/s1. The van der Waals surface area contributed by atoms with Gasteiger partial charge in [0, 0.05) is 0 Å². The first-order valence-corrected chi connectivity index (χ1v) is 4.38. The molecule has 0 radical (unpaired) electrons. The van der Waals surface area contributed by atoms with E-state index in [2.05, 4.69) is 5.16 Å². The molecule has 0 spiro atoms. The molecule has 0 bridgehead atoms. The van der Waals surface area contributed by atoms with E-state index in [-0.39, 0.29) is 12.3 Å². The number of ether oxygens (including phenoxy) is 1. The molecule has 1 N–H and O–H groups in total. The van der Waals surface area contributed by atoms with E-state index in [9.17, 15) is 4.39 Å². The minimum absolute atomic E-state index is 0.0378. The van der Waals surface area contributed by atoms with E-state index in [0.717, 1.165) is 5.56 Å². The van der Waals surface area contributed by atoms with Crippen LogP contribution in [0.15, 0.2) is 35.5 Å². The van der Waals surface area contributed by atoms with E-state index < -0.39 is 12.3 Å². The highest BCUT2D eigenvalue weighted by Crippen LogP contribution is 2.32. The molecule has 14 heavy (non-hydrogen) atoms. The number of rotatable bonds is 1. The first-order chi connectivity index (χ1) is 6.81. The lowest BCUT2D eigenvalue weighted by molar-refractivity contribution is 0.136. The fourth-order valence-electron chi connectivity index (χ4n) is 1.53. The summed E-state index contributed by atoms with van der Waals surface area (Å²) in [6.07, 6.45) is -1.74. The average Bonchev–Trinajstić information content (AvgIpc) is 2.61. The molecule has 2 atom stereocenters. The predicted octanol–water partition coefficient (Wildman–Crippen LogP) is 2.27. The first kappa shape index (κ1) is 8.99. The molecule has 1 aromatic carbocycles. The van der Waals surface area contributed by atoms with Crippen molar-refractivity contribution in [1.82, 2.24) is 0 Å². The van der Waals surface area contributed by atoms with Crippen LogP contribution in [0.25, 0.3) is 0 Å². The van der Waals surface area contributed by atoms with Gasteiger partial charge in [0.15, 0.2) is 6.10 Å². The lowest BCUT2D eigenvalue weighted by Crippen LogP contribution is -2.06. The van der Waals surface area contributed by atoms with E-state index in [4.69, 9.17) is 9.94 Å². The second-order valence-corrected chi connectivity index (χ2v) is 3.16. The van der Waals surface area contributed by atoms with Gasteiger partial charge in [-0.25, -0.2) is 4.39 Å². The molecule has 0 aromatic heterocycles. The van der Waals surface area contributed by atoms with Crippen molar-refractivity contribution in [1.29, 1.82) is 0 Å². The van der Waals surface area contributed by atoms with Crippen LogP contribution in [0.4, 0.5) is 4.39 Å². The summed E-state index contributed by atoms with van der Waals surface area (Å²) in [4.78, 5) is 0. The summed E-state index contributed by atoms with van der Waals surface area (Å²) < 4.78 is 18.5. The van der Waals surface area contributed by atoms with Gasteiger partial charge in [-0.1, -0.05) is 35.5 Å². The van der Waals surface area contributed by atoms with Crippen molar-refractivity contribution in [3.05, 3.63) is 35.9 Å². The van der Waals surface area contributed by atoms with E-state index in [0.29, 0.717) is 0 Å². The molecule has 2 rings (SSSR count). The quantitative estimate of drug-likeness (QED) is 0.551. The number of hydrogen-bond acceptors (Lipinski definition) is 3. The van der Waals surface area contributed by atoms with Crippen molar-refractivity contribution in [2.45, 2.75) is 18.7 Å². The third-order valence-electron chi connectivity index (χ3n) is 2.20. The fraction of sp³-hybridized carbons (Fsp3) is 0.300. The Labute approximate surface area is 80.8 Å². The maximum Gasteiger partial charge on any atom is 0.229 e. The molecule has 1 aliphatic rings. The lowest BCUT2D eigenvalue weighted by atomic mass is 10.1. The molecule has 1 saturated heterocycles. The Morgan fingerprint density at radius 2 is 2.07 bits per heavy atom. The molecule has 0 saturated carbocycles. The number of hydrogen-bond donors (Lipinski definition) is 1. The highest BCUT2D eigenvalue weighted by atomic mass is 19.1. The van der Waals surface area contributed by atoms with Crippen LogP contribution in [0.5, 0.6) is 0 Å². The Bertz CT molecular complexity index is 339. The summed E-state index contributed by atoms with van der Waals surface area (Å²) in [5.41, 5.74) is 0.763. The monoisotopic (exact) mass is 195 g/mol. The van der Waals surface area contributed by atoms with E-state index in [1.807, 2.05) is 18.2 Å². The summed E-state index contributed by atoms with van der Waals surface area (Å²) in [5, 5.41) is 11.3. The minimum Gasteiger partial charge on any atom is -0.467 e. The zero-order chi connectivity index (χ0) is 9.97. The van der Waals surface area contributed by atoms with Crippen molar-refractivity contribution in [2.75, 3.05) is 0 Å². The number of oxime groups is 1. The smallest absolute Gasteiger partial charge is 0.229 e. The molecule has 74 valence electrons. The van der Waals surface area contributed by atoms with Gasteiger partial charge in [0.05, 0.1) is 6.42 Å². The van der Waals surface area contributed by atoms with Gasteiger partial charge < -0.3 is 9.94 Å². The van der Waals surface area contributed by atoms with Crippen LogP contribution in [0.1, 0.15) is 18.1 Å². The second kappa shape index (κ2) is 3.65. The van der Waals surface area contributed by atoms with Crippen LogP contribution in [0.2, 0.25) is 0 Å². The maximum atomic E-state index is 13.4. The second-order valence-electron chi connectivity index (χ2n) is 3.16. The average molecular weight is 195 g/mol. The summed E-state index contributed by atoms with van der Waals surface area (Å²) in [6.45, 7) is 0. The van der Waals surface area contributed by atoms with Crippen LogP contribution in [-0.2, 0) is 4.74 Å². The molecule has 1 aliphatic heterocycles. The highest BCUT2D eigenvalue weighted by Gasteiger charge is 2.34. The number of alkyl halides is 1. The van der Waals surface area contributed by atoms with Gasteiger partial charge in [-0.15, -0.1) is 0 Å². The lowest BCUT2D eigenvalue weighted by Gasteiger charge is -2.11. The van der Waals surface area contributed by atoms with Crippen molar-refractivity contribution >= 4 is 5.90 Å². The van der Waals surface area contributed by atoms with Gasteiger partial charge in [-0.05, 0) is 5.56 Å². The van der Waals surface area contributed by atoms with Gasteiger partial charge in [0.25, 0.3) is 0 Å².